The Morgan fingerprint density at radius 2 is 1.63 bits per heavy atom. The lowest BCUT2D eigenvalue weighted by Crippen LogP contribution is -2.11. The van der Waals surface area contributed by atoms with E-state index in [4.69, 9.17) is 9.47 Å². The molecule has 0 bridgehead atoms. The number of rotatable bonds is 4. The monoisotopic (exact) mass is 258 g/mol. The number of pyridine rings is 1. The molecule has 0 saturated carbocycles. The van der Waals surface area contributed by atoms with Gasteiger partial charge in [-0.2, -0.15) is 0 Å². The van der Waals surface area contributed by atoms with E-state index in [-0.39, 0.29) is 5.91 Å². The minimum atomic E-state index is -0.210. The number of anilines is 1. The van der Waals surface area contributed by atoms with E-state index < -0.39 is 0 Å². The molecule has 0 aliphatic heterocycles. The lowest BCUT2D eigenvalue weighted by Gasteiger charge is -2.09. The molecule has 0 spiro atoms. The van der Waals surface area contributed by atoms with Crippen molar-refractivity contribution >= 4 is 11.6 Å². The van der Waals surface area contributed by atoms with Gasteiger partial charge in [-0.1, -0.05) is 0 Å². The predicted octanol–water partition coefficient (Wildman–Crippen LogP) is 2.35. The molecule has 5 nitrogen and oxygen atoms in total. The van der Waals surface area contributed by atoms with Crippen molar-refractivity contribution in [2.24, 2.45) is 0 Å². The number of hydrogen-bond donors (Lipinski definition) is 1. The quantitative estimate of drug-likeness (QED) is 0.914. The third-order valence-corrected chi connectivity index (χ3v) is 2.55. The summed E-state index contributed by atoms with van der Waals surface area (Å²) in [5.41, 5.74) is 1.15. The number of ether oxygens (including phenoxy) is 2. The van der Waals surface area contributed by atoms with Gasteiger partial charge in [-0.15, -0.1) is 0 Å². The van der Waals surface area contributed by atoms with E-state index >= 15 is 0 Å². The van der Waals surface area contributed by atoms with Crippen molar-refractivity contribution < 1.29 is 14.3 Å². The van der Waals surface area contributed by atoms with Crippen LogP contribution >= 0.6 is 0 Å². The van der Waals surface area contributed by atoms with Crippen molar-refractivity contribution in [1.82, 2.24) is 4.98 Å². The summed E-state index contributed by atoms with van der Waals surface area (Å²) in [6, 6.07) is 8.48. The fraction of sp³-hybridized carbons (Fsp3) is 0.143. The Bertz CT molecular complexity index is 548. The Balaban J connectivity index is 2.21. The lowest BCUT2D eigenvalue weighted by atomic mass is 10.2. The van der Waals surface area contributed by atoms with Gasteiger partial charge in [-0.3, -0.25) is 9.78 Å². The molecule has 1 N–H and O–H groups in total. The molecule has 1 amide bonds. The van der Waals surface area contributed by atoms with Gasteiger partial charge in [0.25, 0.3) is 5.91 Å². The first-order valence-corrected chi connectivity index (χ1v) is 5.67. The Morgan fingerprint density at radius 3 is 2.16 bits per heavy atom. The van der Waals surface area contributed by atoms with Crippen molar-refractivity contribution in [3.05, 3.63) is 48.3 Å². The molecule has 1 aromatic carbocycles. The Kier molecular flexibility index (Phi) is 3.97. The normalized spacial score (nSPS) is 9.79. The van der Waals surface area contributed by atoms with Crippen LogP contribution in [0, 0.1) is 0 Å². The number of carbonyl (C=O) groups is 1. The van der Waals surface area contributed by atoms with Crippen molar-refractivity contribution in [3.63, 3.8) is 0 Å². The number of aromatic nitrogens is 1. The fourth-order valence-corrected chi connectivity index (χ4v) is 1.59. The topological polar surface area (TPSA) is 60.5 Å². The molecular weight excluding hydrogens is 244 g/mol. The van der Waals surface area contributed by atoms with Crippen molar-refractivity contribution in [2.75, 3.05) is 19.5 Å². The van der Waals surface area contributed by atoms with Crippen LogP contribution in [-0.4, -0.2) is 25.1 Å². The van der Waals surface area contributed by atoms with Crippen molar-refractivity contribution in [3.8, 4) is 11.5 Å². The van der Waals surface area contributed by atoms with Gasteiger partial charge in [0.15, 0.2) is 0 Å². The number of amides is 1. The van der Waals surface area contributed by atoms with Crippen LogP contribution in [0.2, 0.25) is 0 Å². The molecule has 2 rings (SSSR count). The van der Waals surface area contributed by atoms with Crippen LogP contribution in [0.1, 0.15) is 10.4 Å². The summed E-state index contributed by atoms with van der Waals surface area (Å²) in [6.45, 7) is 0. The highest BCUT2D eigenvalue weighted by molar-refractivity contribution is 6.04. The molecule has 0 fully saturated rings. The second kappa shape index (κ2) is 5.86. The minimum Gasteiger partial charge on any atom is -0.497 e. The standard InChI is InChI=1S/C14H14N2O3/c1-18-12-7-11(8-13(9-12)19-2)16-14(17)10-3-5-15-6-4-10/h3-9H,1-2H3,(H,16,17). The Hall–Kier alpha value is -2.56. The van der Waals surface area contributed by atoms with Crippen LogP contribution < -0.4 is 14.8 Å². The summed E-state index contributed by atoms with van der Waals surface area (Å²) in [5.74, 6) is 1.02. The zero-order valence-electron chi connectivity index (χ0n) is 10.7. The molecule has 0 aliphatic carbocycles. The highest BCUT2D eigenvalue weighted by Gasteiger charge is 2.07. The minimum absolute atomic E-state index is 0.210. The van der Waals surface area contributed by atoms with Crippen LogP contribution in [0.25, 0.3) is 0 Å². The van der Waals surface area contributed by atoms with E-state index in [1.54, 1.807) is 56.9 Å². The van der Waals surface area contributed by atoms with Crippen LogP contribution in [0.3, 0.4) is 0 Å². The number of methoxy groups -OCH3 is 2. The molecule has 2 aromatic rings. The van der Waals surface area contributed by atoms with E-state index in [2.05, 4.69) is 10.3 Å². The third-order valence-electron chi connectivity index (χ3n) is 2.55. The molecule has 0 aliphatic rings. The van der Waals surface area contributed by atoms with E-state index in [0.29, 0.717) is 22.7 Å². The van der Waals surface area contributed by atoms with Crippen LogP contribution in [0.5, 0.6) is 11.5 Å². The van der Waals surface area contributed by atoms with Crippen molar-refractivity contribution in [2.45, 2.75) is 0 Å². The van der Waals surface area contributed by atoms with E-state index in [1.807, 2.05) is 0 Å². The third kappa shape index (κ3) is 3.22. The summed E-state index contributed by atoms with van der Waals surface area (Å²) < 4.78 is 10.3. The smallest absolute Gasteiger partial charge is 0.255 e. The summed E-state index contributed by atoms with van der Waals surface area (Å²) in [5, 5.41) is 2.78. The lowest BCUT2D eigenvalue weighted by molar-refractivity contribution is 0.102. The molecule has 98 valence electrons. The van der Waals surface area contributed by atoms with Gasteiger partial charge in [0.2, 0.25) is 0 Å². The molecule has 0 unspecified atom stereocenters. The van der Waals surface area contributed by atoms with E-state index in [9.17, 15) is 4.79 Å². The second-order valence-corrected chi connectivity index (χ2v) is 3.79. The van der Waals surface area contributed by atoms with Crippen LogP contribution in [0.15, 0.2) is 42.7 Å². The predicted molar refractivity (Wildman–Crippen MR) is 71.7 cm³/mol. The summed E-state index contributed by atoms with van der Waals surface area (Å²) in [7, 11) is 3.12. The molecule has 1 heterocycles. The molecule has 19 heavy (non-hydrogen) atoms. The number of nitrogens with one attached hydrogen (secondary N) is 1. The first kappa shape index (κ1) is 12.9. The SMILES string of the molecule is COc1cc(NC(=O)c2ccncc2)cc(OC)c1. The van der Waals surface area contributed by atoms with Gasteiger partial charge in [0.05, 0.1) is 14.2 Å². The van der Waals surface area contributed by atoms with E-state index in [0.717, 1.165) is 0 Å². The maximum absolute atomic E-state index is 12.0. The molecular formula is C14H14N2O3. The maximum Gasteiger partial charge on any atom is 0.255 e. The molecule has 5 heteroatoms. The Labute approximate surface area is 111 Å². The fourth-order valence-electron chi connectivity index (χ4n) is 1.59. The summed E-state index contributed by atoms with van der Waals surface area (Å²) >= 11 is 0. The maximum atomic E-state index is 12.0. The average molecular weight is 258 g/mol. The second-order valence-electron chi connectivity index (χ2n) is 3.79. The molecule has 0 radical (unpaired) electrons. The number of carbonyl (C=O) groups excluding carboxylic acids is 1. The number of benzene rings is 1. The van der Waals surface area contributed by atoms with E-state index in [1.165, 1.54) is 0 Å². The van der Waals surface area contributed by atoms with Gasteiger partial charge < -0.3 is 14.8 Å². The summed E-state index contributed by atoms with van der Waals surface area (Å²) in [4.78, 5) is 15.9. The summed E-state index contributed by atoms with van der Waals surface area (Å²) in [6.07, 6.45) is 3.14. The first-order valence-electron chi connectivity index (χ1n) is 5.67. The van der Waals surface area contributed by atoms with Gasteiger partial charge in [0, 0.05) is 41.8 Å². The van der Waals surface area contributed by atoms with Gasteiger partial charge in [-0.25, -0.2) is 0 Å². The highest BCUT2D eigenvalue weighted by atomic mass is 16.5. The number of nitrogens with zero attached hydrogens (tertiary/aromatic N) is 1. The van der Waals surface area contributed by atoms with Crippen molar-refractivity contribution in [1.29, 1.82) is 0 Å². The van der Waals surface area contributed by atoms with Crippen LogP contribution in [-0.2, 0) is 0 Å². The average Bonchev–Trinajstić information content (AvgIpc) is 2.47. The van der Waals surface area contributed by atoms with Gasteiger partial charge in [-0.05, 0) is 12.1 Å². The first-order chi connectivity index (χ1) is 9.22. The molecule has 0 atom stereocenters. The Morgan fingerprint density at radius 1 is 1.05 bits per heavy atom. The zero-order chi connectivity index (χ0) is 13.7. The molecule has 0 saturated heterocycles. The number of hydrogen-bond acceptors (Lipinski definition) is 4. The zero-order valence-corrected chi connectivity index (χ0v) is 10.7. The van der Waals surface area contributed by atoms with Gasteiger partial charge in [0.1, 0.15) is 11.5 Å². The van der Waals surface area contributed by atoms with Gasteiger partial charge >= 0.3 is 0 Å². The van der Waals surface area contributed by atoms with Crippen LogP contribution in [0.4, 0.5) is 5.69 Å². The largest absolute Gasteiger partial charge is 0.497 e. The highest BCUT2D eigenvalue weighted by Crippen LogP contribution is 2.26. The molecule has 1 aromatic heterocycles.